The molecule has 82 valence electrons. The van der Waals surface area contributed by atoms with Crippen LogP contribution in [0.5, 0.6) is 0 Å². The lowest BCUT2D eigenvalue weighted by Crippen LogP contribution is -1.87. The standard InChI is InChI=1S/C11H11Br.C3H8/c1-3-6-10-9(4-2)7-5-8-11(10)12;1-3-2/h3-5,7-8H,1-2,6H2;3H2,1-2H3. The van der Waals surface area contributed by atoms with Crippen LogP contribution in [-0.2, 0) is 6.42 Å². The van der Waals surface area contributed by atoms with Crippen molar-refractivity contribution in [3.8, 4) is 0 Å². The van der Waals surface area contributed by atoms with Crippen LogP contribution >= 0.6 is 15.9 Å². The summed E-state index contributed by atoms with van der Waals surface area (Å²) < 4.78 is 1.12. The van der Waals surface area contributed by atoms with Crippen LogP contribution in [0.3, 0.4) is 0 Å². The van der Waals surface area contributed by atoms with Gasteiger partial charge in [0.2, 0.25) is 0 Å². The van der Waals surface area contributed by atoms with Crippen LogP contribution in [0, 0.1) is 0 Å². The average Bonchev–Trinajstić information content (AvgIpc) is 2.22. The van der Waals surface area contributed by atoms with E-state index >= 15 is 0 Å². The minimum Gasteiger partial charge on any atom is -0.103 e. The smallest absolute Gasteiger partial charge is 0.0216 e. The lowest BCUT2D eigenvalue weighted by Gasteiger charge is -2.04. The second kappa shape index (κ2) is 8.49. The summed E-state index contributed by atoms with van der Waals surface area (Å²) >= 11 is 3.49. The predicted molar refractivity (Wildman–Crippen MR) is 74.1 cm³/mol. The topological polar surface area (TPSA) is 0 Å². The molecule has 0 unspecified atom stereocenters. The van der Waals surface area contributed by atoms with Gasteiger partial charge in [0.15, 0.2) is 0 Å². The third kappa shape index (κ3) is 4.98. The van der Waals surface area contributed by atoms with E-state index in [1.165, 1.54) is 17.5 Å². The number of hydrogen-bond donors (Lipinski definition) is 0. The maximum atomic E-state index is 3.76. The molecule has 0 aliphatic rings. The Hall–Kier alpha value is -0.820. The van der Waals surface area contributed by atoms with Gasteiger partial charge >= 0.3 is 0 Å². The van der Waals surface area contributed by atoms with Crippen molar-refractivity contribution in [1.29, 1.82) is 0 Å². The molecule has 0 spiro atoms. The Bertz CT molecular complexity index is 313. The van der Waals surface area contributed by atoms with E-state index in [9.17, 15) is 0 Å². The third-order valence-corrected chi connectivity index (χ3v) is 2.47. The molecule has 0 amide bonds. The molecule has 1 aromatic rings. The molecule has 0 radical (unpaired) electrons. The summed E-state index contributed by atoms with van der Waals surface area (Å²) in [5.41, 5.74) is 2.42. The molecule has 0 atom stereocenters. The van der Waals surface area contributed by atoms with Gasteiger partial charge in [-0.3, -0.25) is 0 Å². The van der Waals surface area contributed by atoms with Gasteiger partial charge in [-0.1, -0.05) is 67.1 Å². The van der Waals surface area contributed by atoms with E-state index in [0.29, 0.717) is 0 Å². The van der Waals surface area contributed by atoms with E-state index in [1.54, 1.807) is 0 Å². The van der Waals surface area contributed by atoms with Crippen molar-refractivity contribution in [2.24, 2.45) is 0 Å². The lowest BCUT2D eigenvalue weighted by atomic mass is 10.1. The molecule has 0 saturated heterocycles. The van der Waals surface area contributed by atoms with Gasteiger partial charge in [-0.25, -0.2) is 0 Å². The quantitative estimate of drug-likeness (QED) is 0.657. The maximum absolute atomic E-state index is 3.76. The normalized spacial score (nSPS) is 8.73. The zero-order valence-corrected chi connectivity index (χ0v) is 11.2. The highest BCUT2D eigenvalue weighted by molar-refractivity contribution is 9.10. The summed E-state index contributed by atoms with van der Waals surface area (Å²) in [6, 6.07) is 6.09. The van der Waals surface area contributed by atoms with Gasteiger partial charge in [-0.15, -0.1) is 6.58 Å². The highest BCUT2D eigenvalue weighted by atomic mass is 79.9. The summed E-state index contributed by atoms with van der Waals surface area (Å²) in [6.07, 6.45) is 5.89. The number of rotatable bonds is 3. The molecule has 1 heteroatoms. The molecule has 15 heavy (non-hydrogen) atoms. The maximum Gasteiger partial charge on any atom is 0.0216 e. The monoisotopic (exact) mass is 266 g/mol. The van der Waals surface area contributed by atoms with Crippen LogP contribution in [0.15, 0.2) is 41.9 Å². The zero-order chi connectivity index (χ0) is 11.7. The van der Waals surface area contributed by atoms with E-state index < -0.39 is 0 Å². The van der Waals surface area contributed by atoms with Gasteiger partial charge < -0.3 is 0 Å². The van der Waals surface area contributed by atoms with Gasteiger partial charge in [-0.2, -0.15) is 0 Å². The first-order valence-electron chi connectivity index (χ1n) is 5.21. The molecule has 0 aliphatic heterocycles. The Labute approximate surface area is 102 Å². The number of halogens is 1. The molecule has 0 aromatic heterocycles. The van der Waals surface area contributed by atoms with Gasteiger partial charge in [0.1, 0.15) is 0 Å². The van der Waals surface area contributed by atoms with Crippen LogP contribution in [0.4, 0.5) is 0 Å². The van der Waals surface area contributed by atoms with Crippen molar-refractivity contribution in [2.45, 2.75) is 26.7 Å². The Kier molecular flexibility index (Phi) is 8.02. The van der Waals surface area contributed by atoms with Gasteiger partial charge in [0.25, 0.3) is 0 Å². The van der Waals surface area contributed by atoms with Crippen LogP contribution in [-0.4, -0.2) is 0 Å². The van der Waals surface area contributed by atoms with E-state index in [-0.39, 0.29) is 0 Å². The second-order valence-corrected chi connectivity index (χ2v) is 4.07. The van der Waals surface area contributed by atoms with E-state index in [1.807, 2.05) is 24.3 Å². The molecular weight excluding hydrogens is 248 g/mol. The van der Waals surface area contributed by atoms with Crippen molar-refractivity contribution in [3.05, 3.63) is 53.0 Å². The van der Waals surface area contributed by atoms with Crippen LogP contribution in [0.2, 0.25) is 0 Å². The van der Waals surface area contributed by atoms with Crippen LogP contribution in [0.25, 0.3) is 6.08 Å². The number of benzene rings is 1. The zero-order valence-electron chi connectivity index (χ0n) is 9.59. The highest BCUT2D eigenvalue weighted by Crippen LogP contribution is 2.22. The molecule has 0 aliphatic carbocycles. The SMILES string of the molecule is C=CCc1c(Br)cccc1C=C.CCC. The fourth-order valence-corrected chi connectivity index (χ4v) is 1.67. The number of hydrogen-bond acceptors (Lipinski definition) is 0. The predicted octanol–water partition coefficient (Wildman–Crippen LogP) is 5.24. The Morgan fingerprint density at radius 2 is 1.87 bits per heavy atom. The molecule has 1 rings (SSSR count). The fourth-order valence-electron chi connectivity index (χ4n) is 1.13. The van der Waals surface area contributed by atoms with Crippen LogP contribution in [0.1, 0.15) is 31.4 Å². The molecule has 0 fully saturated rings. The highest BCUT2D eigenvalue weighted by Gasteiger charge is 2.00. The second-order valence-electron chi connectivity index (χ2n) is 3.21. The number of allylic oxidation sites excluding steroid dienone is 1. The van der Waals surface area contributed by atoms with Crippen molar-refractivity contribution < 1.29 is 0 Å². The summed E-state index contributed by atoms with van der Waals surface area (Å²) in [7, 11) is 0. The third-order valence-electron chi connectivity index (χ3n) is 1.72. The summed E-state index contributed by atoms with van der Waals surface area (Å²) in [4.78, 5) is 0. The molecule has 1 aromatic carbocycles. The molecule has 0 heterocycles. The first-order chi connectivity index (χ1) is 7.21. The van der Waals surface area contributed by atoms with Gasteiger partial charge in [0, 0.05) is 4.47 Å². The summed E-state index contributed by atoms with van der Waals surface area (Å²) in [6.45, 7) is 11.7. The Balaban J connectivity index is 0.000000583. The molecule has 0 bridgehead atoms. The molecular formula is C14H19Br. The minimum absolute atomic E-state index is 0.878. The first kappa shape index (κ1) is 14.2. The van der Waals surface area contributed by atoms with Crippen LogP contribution < -0.4 is 0 Å². The fraction of sp³-hybridized carbons (Fsp3) is 0.286. The van der Waals surface area contributed by atoms with Crippen molar-refractivity contribution >= 4 is 22.0 Å². The van der Waals surface area contributed by atoms with Crippen molar-refractivity contribution in [3.63, 3.8) is 0 Å². The Morgan fingerprint density at radius 3 is 2.33 bits per heavy atom. The summed E-state index contributed by atoms with van der Waals surface area (Å²) in [5.74, 6) is 0. The largest absolute Gasteiger partial charge is 0.103 e. The molecule has 0 N–H and O–H groups in total. The first-order valence-corrected chi connectivity index (χ1v) is 6.01. The molecule has 0 saturated carbocycles. The molecule has 0 nitrogen and oxygen atoms in total. The van der Waals surface area contributed by atoms with Gasteiger partial charge in [0.05, 0.1) is 0 Å². The van der Waals surface area contributed by atoms with Gasteiger partial charge in [-0.05, 0) is 23.6 Å². The van der Waals surface area contributed by atoms with E-state index in [0.717, 1.165) is 10.9 Å². The lowest BCUT2D eigenvalue weighted by molar-refractivity contribution is 1.09. The van der Waals surface area contributed by atoms with E-state index in [4.69, 9.17) is 0 Å². The van der Waals surface area contributed by atoms with Crippen molar-refractivity contribution in [1.82, 2.24) is 0 Å². The minimum atomic E-state index is 0.878. The summed E-state index contributed by atoms with van der Waals surface area (Å²) in [5, 5.41) is 0. The average molecular weight is 267 g/mol. The van der Waals surface area contributed by atoms with E-state index in [2.05, 4.69) is 49.0 Å². The Morgan fingerprint density at radius 1 is 1.27 bits per heavy atom. The van der Waals surface area contributed by atoms with Crippen molar-refractivity contribution in [2.75, 3.05) is 0 Å².